The highest BCUT2D eigenvalue weighted by molar-refractivity contribution is 5.92. The Kier molecular flexibility index (Phi) is 4.86. The van der Waals surface area contributed by atoms with Crippen molar-refractivity contribution >= 4 is 33.8 Å². The lowest BCUT2D eigenvalue weighted by atomic mass is 10.1. The van der Waals surface area contributed by atoms with Gasteiger partial charge in [0.25, 0.3) is 0 Å². The van der Waals surface area contributed by atoms with Crippen molar-refractivity contribution in [2.24, 2.45) is 0 Å². The third-order valence-electron chi connectivity index (χ3n) is 5.05. The van der Waals surface area contributed by atoms with Crippen LogP contribution in [0.4, 0.5) is 15.8 Å². The van der Waals surface area contributed by atoms with E-state index >= 15 is 0 Å². The highest BCUT2D eigenvalue weighted by Crippen LogP contribution is 2.24. The first-order valence-corrected chi connectivity index (χ1v) is 9.32. The van der Waals surface area contributed by atoms with Gasteiger partial charge in [-0.25, -0.2) is 9.50 Å². The number of hydrogen-bond acceptors (Lipinski definition) is 5. The Hall–Kier alpha value is -3.88. The van der Waals surface area contributed by atoms with Crippen LogP contribution in [0.2, 0.25) is 0 Å². The van der Waals surface area contributed by atoms with Gasteiger partial charge in [-0.2, -0.15) is 9.49 Å². The van der Waals surface area contributed by atoms with Crippen LogP contribution in [-0.2, 0) is 11.2 Å². The minimum atomic E-state index is -0.949. The summed E-state index contributed by atoms with van der Waals surface area (Å²) in [5.74, 6) is -1.28. The van der Waals surface area contributed by atoms with Crippen molar-refractivity contribution in [2.75, 3.05) is 5.32 Å². The molecule has 152 valence electrons. The van der Waals surface area contributed by atoms with E-state index in [2.05, 4.69) is 15.4 Å². The monoisotopic (exact) mass is 407 g/mol. The molecular weight excluding hydrogens is 389 g/mol. The Labute approximate surface area is 170 Å². The van der Waals surface area contributed by atoms with E-state index in [4.69, 9.17) is 0 Å². The van der Waals surface area contributed by atoms with E-state index in [0.29, 0.717) is 6.42 Å². The molecule has 1 amide bonds. The first-order valence-electron chi connectivity index (χ1n) is 9.32. The van der Waals surface area contributed by atoms with Crippen molar-refractivity contribution in [3.63, 3.8) is 0 Å². The molecule has 2 aromatic carbocycles. The molecule has 8 nitrogen and oxygen atoms in total. The number of nitrogens with one attached hydrogen (secondary N) is 1. The minimum absolute atomic E-state index is 0.140. The van der Waals surface area contributed by atoms with Crippen LogP contribution in [0.15, 0.2) is 42.5 Å². The molecule has 0 fully saturated rings. The molecule has 30 heavy (non-hydrogen) atoms. The maximum absolute atomic E-state index is 13.5. The van der Waals surface area contributed by atoms with Gasteiger partial charge in [-0.3, -0.25) is 14.9 Å². The summed E-state index contributed by atoms with van der Waals surface area (Å²) in [7, 11) is 0. The van der Waals surface area contributed by atoms with Crippen LogP contribution >= 0.6 is 0 Å². The van der Waals surface area contributed by atoms with Crippen molar-refractivity contribution in [3.8, 4) is 0 Å². The number of nitro benzene ring substituents is 1. The maximum Gasteiger partial charge on any atom is 0.306 e. The number of rotatable bonds is 5. The first kappa shape index (κ1) is 19.4. The number of amides is 1. The largest absolute Gasteiger partial charge is 0.326 e. The lowest BCUT2D eigenvalue weighted by molar-refractivity contribution is -0.387. The third-order valence-corrected chi connectivity index (χ3v) is 5.05. The van der Waals surface area contributed by atoms with Crippen LogP contribution in [-0.4, -0.2) is 25.4 Å². The fraction of sp³-hybridized carbons (Fsp3) is 0.190. The molecule has 0 aliphatic rings. The standard InChI is InChI=1S/C21H18FN5O3/c1-12-15(13(2)26-21(23-12)16-5-3-4-6-18(16)25-26)8-10-20(28)24-14-7-9-17(22)19(11-14)27(29)30/h3-7,9,11H,8,10H2,1-2H3,(H,24,28). The zero-order valence-corrected chi connectivity index (χ0v) is 16.3. The second-order valence-corrected chi connectivity index (χ2v) is 6.99. The van der Waals surface area contributed by atoms with Crippen molar-refractivity contribution < 1.29 is 14.1 Å². The van der Waals surface area contributed by atoms with Gasteiger partial charge in [0.15, 0.2) is 5.65 Å². The van der Waals surface area contributed by atoms with Crippen LogP contribution < -0.4 is 5.32 Å². The summed E-state index contributed by atoms with van der Waals surface area (Å²) >= 11 is 0. The summed E-state index contributed by atoms with van der Waals surface area (Å²) in [6.45, 7) is 3.83. The van der Waals surface area contributed by atoms with Crippen LogP contribution in [0, 0.1) is 29.8 Å². The quantitative estimate of drug-likeness (QED) is 0.396. The molecule has 0 spiro atoms. The molecule has 0 aliphatic heterocycles. The first-order chi connectivity index (χ1) is 14.3. The molecule has 0 saturated heterocycles. The second-order valence-electron chi connectivity index (χ2n) is 6.99. The maximum atomic E-state index is 13.5. The topological polar surface area (TPSA) is 102 Å². The van der Waals surface area contributed by atoms with Gasteiger partial charge in [0.05, 0.1) is 10.4 Å². The molecule has 2 heterocycles. The predicted molar refractivity (Wildman–Crippen MR) is 110 cm³/mol. The highest BCUT2D eigenvalue weighted by atomic mass is 19.1. The zero-order valence-electron chi connectivity index (χ0n) is 16.3. The van der Waals surface area contributed by atoms with Crippen molar-refractivity contribution in [2.45, 2.75) is 26.7 Å². The molecule has 0 saturated carbocycles. The van der Waals surface area contributed by atoms with E-state index < -0.39 is 16.4 Å². The second kappa shape index (κ2) is 7.51. The number of carbonyl (C=O) groups is 1. The number of nitro groups is 1. The summed E-state index contributed by atoms with van der Waals surface area (Å²) in [5, 5.41) is 19.0. The van der Waals surface area contributed by atoms with Crippen molar-refractivity contribution in [1.29, 1.82) is 0 Å². The minimum Gasteiger partial charge on any atom is -0.326 e. The summed E-state index contributed by atoms with van der Waals surface area (Å²) in [5.41, 5.74) is 3.74. The Balaban J connectivity index is 1.55. The predicted octanol–water partition coefficient (Wildman–Crippen LogP) is 4.12. The van der Waals surface area contributed by atoms with E-state index in [0.717, 1.165) is 45.6 Å². The Morgan fingerprint density at radius 2 is 2.00 bits per heavy atom. The fourth-order valence-electron chi connectivity index (χ4n) is 3.53. The molecule has 0 unspecified atom stereocenters. The summed E-state index contributed by atoms with van der Waals surface area (Å²) in [6.07, 6.45) is 0.562. The van der Waals surface area contributed by atoms with Gasteiger partial charge in [-0.1, -0.05) is 12.1 Å². The number of benzene rings is 2. The van der Waals surface area contributed by atoms with Crippen LogP contribution in [0.5, 0.6) is 0 Å². The summed E-state index contributed by atoms with van der Waals surface area (Å²) < 4.78 is 15.2. The normalized spacial score (nSPS) is 11.2. The lowest BCUT2D eigenvalue weighted by Gasteiger charge is -2.11. The SMILES string of the molecule is Cc1nc2c3ccccc3nn2c(C)c1CCC(=O)Nc1ccc(F)c([N+](=O)[O-])c1. The molecule has 2 aromatic heterocycles. The number of aromatic nitrogens is 3. The van der Waals surface area contributed by atoms with Crippen LogP contribution in [0.25, 0.3) is 16.6 Å². The molecule has 1 N–H and O–H groups in total. The molecule has 4 rings (SSSR count). The van der Waals surface area contributed by atoms with Crippen molar-refractivity contribution in [1.82, 2.24) is 14.6 Å². The molecular formula is C21H18FN5O3. The number of carbonyl (C=O) groups excluding carboxylic acids is 1. The molecule has 9 heteroatoms. The number of aryl methyl sites for hydroxylation is 2. The average molecular weight is 407 g/mol. The van der Waals surface area contributed by atoms with Gasteiger partial charge in [-0.15, -0.1) is 0 Å². The lowest BCUT2D eigenvalue weighted by Crippen LogP contribution is -2.14. The average Bonchev–Trinajstić information content (AvgIpc) is 3.08. The smallest absolute Gasteiger partial charge is 0.306 e. The number of halogens is 1. The summed E-state index contributed by atoms with van der Waals surface area (Å²) in [4.78, 5) is 27.1. The van der Waals surface area contributed by atoms with Crippen LogP contribution in [0.1, 0.15) is 23.4 Å². The van der Waals surface area contributed by atoms with E-state index in [1.807, 2.05) is 38.1 Å². The number of fused-ring (bicyclic) bond motifs is 3. The van der Waals surface area contributed by atoms with E-state index in [9.17, 15) is 19.3 Å². The Morgan fingerprint density at radius 3 is 2.77 bits per heavy atom. The Bertz CT molecular complexity index is 1320. The number of anilines is 1. The molecule has 0 aliphatic carbocycles. The van der Waals surface area contributed by atoms with E-state index in [1.165, 1.54) is 6.07 Å². The van der Waals surface area contributed by atoms with Crippen LogP contribution in [0.3, 0.4) is 0 Å². The third kappa shape index (κ3) is 3.45. The number of nitrogens with zero attached hydrogens (tertiary/aromatic N) is 4. The van der Waals surface area contributed by atoms with E-state index in [-0.39, 0.29) is 18.0 Å². The zero-order chi connectivity index (χ0) is 21.4. The van der Waals surface area contributed by atoms with Gasteiger partial charge < -0.3 is 5.32 Å². The number of hydrogen-bond donors (Lipinski definition) is 1. The Morgan fingerprint density at radius 1 is 1.23 bits per heavy atom. The molecule has 0 bridgehead atoms. The highest BCUT2D eigenvalue weighted by Gasteiger charge is 2.17. The molecule has 0 atom stereocenters. The van der Waals surface area contributed by atoms with Gasteiger partial charge in [0, 0.05) is 34.9 Å². The van der Waals surface area contributed by atoms with Gasteiger partial charge in [0.2, 0.25) is 11.7 Å². The van der Waals surface area contributed by atoms with Gasteiger partial charge >= 0.3 is 5.69 Å². The fourth-order valence-corrected chi connectivity index (χ4v) is 3.53. The van der Waals surface area contributed by atoms with Crippen molar-refractivity contribution in [3.05, 3.63) is 75.3 Å². The van der Waals surface area contributed by atoms with Gasteiger partial charge in [0.1, 0.15) is 0 Å². The van der Waals surface area contributed by atoms with E-state index in [1.54, 1.807) is 4.52 Å². The van der Waals surface area contributed by atoms with Gasteiger partial charge in [-0.05, 0) is 50.1 Å². The summed E-state index contributed by atoms with van der Waals surface area (Å²) in [6, 6.07) is 11.0. The molecule has 0 radical (unpaired) electrons. The molecule has 4 aromatic rings.